The van der Waals surface area contributed by atoms with Crippen LogP contribution in [0, 0.1) is 23.7 Å². The van der Waals surface area contributed by atoms with Gasteiger partial charge in [-0.15, -0.1) is 11.3 Å². The maximum Gasteiger partial charge on any atom is 0.353 e. The SMILES string of the molecule is O=C(Oc1ccccc1N1C(=O)[C@@H]2[C@H]3CC[C@@H](C3)[C@@H]2C1=O)c1cccs1. The number of amides is 2. The Hall–Kier alpha value is -2.47. The number of hydrogen-bond donors (Lipinski definition) is 0. The van der Waals surface area contributed by atoms with E-state index < -0.39 is 5.97 Å². The number of carbonyl (C=O) groups excluding carboxylic acids is 3. The van der Waals surface area contributed by atoms with E-state index >= 15 is 0 Å². The summed E-state index contributed by atoms with van der Waals surface area (Å²) in [7, 11) is 0. The number of fused-ring (bicyclic) bond motifs is 5. The van der Waals surface area contributed by atoms with Crippen molar-refractivity contribution in [1.29, 1.82) is 0 Å². The second-order valence-corrected chi connectivity index (χ2v) is 8.18. The number of ether oxygens (including phenoxy) is 1. The van der Waals surface area contributed by atoms with Gasteiger partial charge in [-0.25, -0.2) is 9.69 Å². The van der Waals surface area contributed by atoms with Crippen LogP contribution in [0.15, 0.2) is 41.8 Å². The monoisotopic (exact) mass is 367 g/mol. The Bertz CT molecular complexity index is 878. The molecule has 2 aromatic rings. The third-order valence-electron chi connectivity index (χ3n) is 5.96. The van der Waals surface area contributed by atoms with Crippen LogP contribution in [-0.4, -0.2) is 17.8 Å². The Morgan fingerprint density at radius 2 is 1.69 bits per heavy atom. The number of thiophene rings is 1. The summed E-state index contributed by atoms with van der Waals surface area (Å²) in [6, 6.07) is 10.2. The van der Waals surface area contributed by atoms with E-state index in [0.717, 1.165) is 19.3 Å². The standard InChI is InChI=1S/C20H17NO4S/c22-18-16-11-7-8-12(10-11)17(16)19(23)21(18)13-4-1-2-5-14(13)25-20(24)15-6-3-9-26-15/h1-6,9,11-12,16-17H,7-8,10H2/t11-,12-,16-,17+/m0/s1. The number of rotatable bonds is 3. The summed E-state index contributed by atoms with van der Waals surface area (Å²) >= 11 is 1.29. The largest absolute Gasteiger partial charge is 0.420 e. The number of anilines is 1. The fraction of sp³-hybridized carbons (Fsp3) is 0.350. The summed E-state index contributed by atoms with van der Waals surface area (Å²) in [6.07, 6.45) is 3.07. The second-order valence-electron chi connectivity index (χ2n) is 7.23. The van der Waals surface area contributed by atoms with Gasteiger partial charge in [0.2, 0.25) is 11.8 Å². The molecule has 3 aliphatic rings. The Kier molecular flexibility index (Phi) is 3.50. The molecule has 2 amide bonds. The highest BCUT2D eigenvalue weighted by Crippen LogP contribution is 2.57. The lowest BCUT2D eigenvalue weighted by atomic mass is 9.81. The van der Waals surface area contributed by atoms with Gasteiger partial charge in [0.25, 0.3) is 0 Å². The van der Waals surface area contributed by atoms with E-state index in [4.69, 9.17) is 4.74 Å². The Labute approximate surface area is 154 Å². The summed E-state index contributed by atoms with van der Waals surface area (Å²) in [5, 5.41) is 1.80. The molecule has 4 atom stereocenters. The van der Waals surface area contributed by atoms with Crippen LogP contribution in [0.3, 0.4) is 0 Å². The number of imide groups is 1. The number of carbonyl (C=O) groups is 3. The van der Waals surface area contributed by atoms with E-state index in [9.17, 15) is 14.4 Å². The smallest absolute Gasteiger partial charge is 0.353 e. The van der Waals surface area contributed by atoms with Gasteiger partial charge in [-0.1, -0.05) is 18.2 Å². The predicted octanol–water partition coefficient (Wildman–Crippen LogP) is 3.50. The molecule has 132 valence electrons. The summed E-state index contributed by atoms with van der Waals surface area (Å²) in [5.41, 5.74) is 0.376. The van der Waals surface area contributed by atoms with Crippen molar-refractivity contribution in [2.24, 2.45) is 23.7 Å². The van der Waals surface area contributed by atoms with Crippen LogP contribution < -0.4 is 9.64 Å². The van der Waals surface area contributed by atoms with Crippen LogP contribution in [-0.2, 0) is 9.59 Å². The zero-order valence-electron chi connectivity index (χ0n) is 14.0. The van der Waals surface area contributed by atoms with Gasteiger partial charge < -0.3 is 4.74 Å². The Balaban J connectivity index is 1.48. The molecule has 0 unspecified atom stereocenters. The molecule has 1 aromatic heterocycles. The molecule has 0 N–H and O–H groups in total. The Morgan fingerprint density at radius 3 is 2.35 bits per heavy atom. The van der Waals surface area contributed by atoms with E-state index in [-0.39, 0.29) is 29.4 Å². The summed E-state index contributed by atoms with van der Waals surface area (Å²) in [5.74, 6) is -0.227. The number of nitrogens with zero attached hydrogens (tertiary/aromatic N) is 1. The summed E-state index contributed by atoms with van der Waals surface area (Å²) in [6.45, 7) is 0. The van der Waals surface area contributed by atoms with E-state index in [1.165, 1.54) is 16.2 Å². The highest BCUT2D eigenvalue weighted by atomic mass is 32.1. The first-order valence-corrected chi connectivity index (χ1v) is 9.75. The maximum absolute atomic E-state index is 13.0. The lowest BCUT2D eigenvalue weighted by Crippen LogP contribution is -2.33. The lowest BCUT2D eigenvalue weighted by Gasteiger charge is -2.19. The van der Waals surface area contributed by atoms with Crippen LogP contribution in [0.2, 0.25) is 0 Å². The van der Waals surface area contributed by atoms with Gasteiger partial charge >= 0.3 is 5.97 Å². The van der Waals surface area contributed by atoms with Crippen molar-refractivity contribution in [2.45, 2.75) is 19.3 Å². The quantitative estimate of drug-likeness (QED) is 0.473. The molecule has 1 aliphatic heterocycles. The molecule has 5 nitrogen and oxygen atoms in total. The molecule has 26 heavy (non-hydrogen) atoms. The van der Waals surface area contributed by atoms with Crippen molar-refractivity contribution in [3.05, 3.63) is 46.7 Å². The highest BCUT2D eigenvalue weighted by molar-refractivity contribution is 7.12. The normalized spacial score (nSPS) is 29.3. The van der Waals surface area contributed by atoms with Gasteiger partial charge in [0, 0.05) is 0 Å². The first-order chi connectivity index (χ1) is 12.6. The molecule has 3 fully saturated rings. The van der Waals surface area contributed by atoms with E-state index in [1.807, 2.05) is 0 Å². The van der Waals surface area contributed by atoms with Crippen LogP contribution in [0.4, 0.5) is 5.69 Å². The van der Waals surface area contributed by atoms with E-state index in [0.29, 0.717) is 22.4 Å². The van der Waals surface area contributed by atoms with Crippen molar-refractivity contribution in [3.8, 4) is 5.75 Å². The average Bonchev–Trinajstić information content (AvgIpc) is 3.41. The van der Waals surface area contributed by atoms with Crippen molar-refractivity contribution in [3.63, 3.8) is 0 Å². The van der Waals surface area contributed by atoms with E-state index in [2.05, 4.69) is 0 Å². The van der Waals surface area contributed by atoms with Gasteiger partial charge in [0.05, 0.1) is 17.5 Å². The van der Waals surface area contributed by atoms with Gasteiger partial charge in [-0.3, -0.25) is 9.59 Å². The zero-order valence-corrected chi connectivity index (χ0v) is 14.8. The van der Waals surface area contributed by atoms with Crippen LogP contribution >= 0.6 is 11.3 Å². The minimum Gasteiger partial charge on any atom is -0.420 e. The Morgan fingerprint density at radius 1 is 1.00 bits per heavy atom. The molecule has 0 radical (unpaired) electrons. The second kappa shape index (κ2) is 5.77. The summed E-state index contributed by atoms with van der Waals surface area (Å²) < 4.78 is 5.52. The fourth-order valence-electron chi connectivity index (χ4n) is 4.92. The number of esters is 1. The molecule has 2 aliphatic carbocycles. The number of para-hydroxylation sites is 2. The minimum atomic E-state index is -0.480. The molecule has 1 saturated heterocycles. The molecular formula is C20H17NO4S. The van der Waals surface area contributed by atoms with Crippen molar-refractivity contribution < 1.29 is 19.1 Å². The van der Waals surface area contributed by atoms with Gasteiger partial charge in [0.15, 0.2) is 5.75 Å². The molecule has 5 rings (SSSR count). The topological polar surface area (TPSA) is 63.7 Å². The van der Waals surface area contributed by atoms with Crippen LogP contribution in [0.25, 0.3) is 0 Å². The maximum atomic E-state index is 13.0. The van der Waals surface area contributed by atoms with E-state index in [1.54, 1.807) is 41.8 Å². The molecular weight excluding hydrogens is 350 g/mol. The van der Waals surface area contributed by atoms with Crippen molar-refractivity contribution in [2.75, 3.05) is 4.90 Å². The third kappa shape index (κ3) is 2.18. The number of benzene rings is 1. The molecule has 2 saturated carbocycles. The molecule has 2 bridgehead atoms. The molecule has 1 aromatic carbocycles. The molecule has 0 spiro atoms. The minimum absolute atomic E-state index is 0.133. The first-order valence-electron chi connectivity index (χ1n) is 8.87. The van der Waals surface area contributed by atoms with Crippen molar-refractivity contribution in [1.82, 2.24) is 0 Å². The molecule has 6 heteroatoms. The predicted molar refractivity (Wildman–Crippen MR) is 96.0 cm³/mol. The van der Waals surface area contributed by atoms with Crippen LogP contribution in [0.1, 0.15) is 28.9 Å². The molecule has 2 heterocycles. The fourth-order valence-corrected chi connectivity index (χ4v) is 5.52. The third-order valence-corrected chi connectivity index (χ3v) is 6.81. The van der Waals surface area contributed by atoms with Gasteiger partial charge in [0.1, 0.15) is 4.88 Å². The highest BCUT2D eigenvalue weighted by Gasteiger charge is 2.61. The van der Waals surface area contributed by atoms with Gasteiger partial charge in [-0.2, -0.15) is 0 Å². The lowest BCUT2D eigenvalue weighted by molar-refractivity contribution is -0.123. The summed E-state index contributed by atoms with van der Waals surface area (Å²) in [4.78, 5) is 40.1. The van der Waals surface area contributed by atoms with Crippen molar-refractivity contribution >= 4 is 34.8 Å². The number of hydrogen-bond acceptors (Lipinski definition) is 5. The van der Waals surface area contributed by atoms with Gasteiger partial charge in [-0.05, 0) is 54.7 Å². The van der Waals surface area contributed by atoms with Crippen LogP contribution in [0.5, 0.6) is 5.75 Å². The first kappa shape index (κ1) is 15.8. The zero-order chi connectivity index (χ0) is 17.8. The average molecular weight is 367 g/mol.